The molecule has 5 rings (SSSR count). The number of methoxy groups -OCH3 is 1. The summed E-state index contributed by atoms with van der Waals surface area (Å²) in [6.07, 6.45) is 0.853. The minimum absolute atomic E-state index is 0.0629. The number of hydrogen-bond donors (Lipinski definition) is 1. The van der Waals surface area contributed by atoms with E-state index in [-0.39, 0.29) is 29.6 Å². The second kappa shape index (κ2) is 8.39. The summed E-state index contributed by atoms with van der Waals surface area (Å²) in [5.74, 6) is 0.481. The van der Waals surface area contributed by atoms with Crippen molar-refractivity contribution in [2.75, 3.05) is 30.0 Å². The average molecular weight is 458 g/mol. The number of benzene rings is 2. The zero-order chi connectivity index (χ0) is 24.0. The van der Waals surface area contributed by atoms with Crippen molar-refractivity contribution >= 4 is 17.7 Å². The normalized spacial score (nSPS) is 17.1. The number of carbonyl (C=O) groups is 1. The molecule has 1 aromatic heterocycles. The van der Waals surface area contributed by atoms with Gasteiger partial charge in [0.2, 0.25) is 5.95 Å². The molecule has 2 N–H and O–H groups in total. The molecule has 9 heteroatoms. The van der Waals surface area contributed by atoms with Crippen LogP contribution in [0.3, 0.4) is 0 Å². The Bertz CT molecular complexity index is 1350. The van der Waals surface area contributed by atoms with Crippen molar-refractivity contribution in [2.24, 2.45) is 5.73 Å². The van der Waals surface area contributed by atoms with Gasteiger partial charge in [-0.25, -0.2) is 9.37 Å². The fraction of sp³-hybridized carbons (Fsp3) is 0.280. The van der Waals surface area contributed by atoms with Crippen LogP contribution in [0.4, 0.5) is 16.2 Å². The van der Waals surface area contributed by atoms with E-state index in [0.717, 1.165) is 18.7 Å². The highest BCUT2D eigenvalue weighted by Crippen LogP contribution is 2.42. The number of nitrogens with two attached hydrogens (primary N) is 1. The van der Waals surface area contributed by atoms with Crippen LogP contribution < -0.4 is 20.3 Å². The second-order valence-electron chi connectivity index (χ2n) is 8.50. The summed E-state index contributed by atoms with van der Waals surface area (Å²) in [7, 11) is 1.44. The van der Waals surface area contributed by atoms with E-state index in [1.807, 2.05) is 11.8 Å². The van der Waals surface area contributed by atoms with E-state index >= 15 is 4.39 Å². The molecular weight excluding hydrogens is 435 g/mol. The first-order valence-electron chi connectivity index (χ1n) is 11.0. The Hall–Kier alpha value is -4.03. The number of amides is 1. The van der Waals surface area contributed by atoms with Gasteiger partial charge in [-0.2, -0.15) is 10.2 Å². The summed E-state index contributed by atoms with van der Waals surface area (Å²) in [5, 5.41) is 9.78. The van der Waals surface area contributed by atoms with Gasteiger partial charge in [0.25, 0.3) is 5.91 Å². The Morgan fingerprint density at radius 3 is 2.76 bits per heavy atom. The highest BCUT2D eigenvalue weighted by atomic mass is 19.1. The number of nitriles is 1. The lowest BCUT2D eigenvalue weighted by atomic mass is 9.91. The largest absolute Gasteiger partial charge is 0.496 e. The van der Waals surface area contributed by atoms with Crippen molar-refractivity contribution in [3.8, 4) is 22.9 Å². The molecule has 8 nitrogen and oxygen atoms in total. The minimum Gasteiger partial charge on any atom is -0.496 e. The number of ether oxygens (including phenoxy) is 1. The monoisotopic (exact) mass is 458 g/mol. The second-order valence-corrected chi connectivity index (χ2v) is 8.50. The van der Waals surface area contributed by atoms with E-state index in [4.69, 9.17) is 10.5 Å². The standard InChI is InChI=1S/C25H23FN6O2/c1-14-10-21(30-25(29-14)31-9-8-16(28)12-31)32-13-18-17(24(32)33)7-6-15(11-27)22(18)23-19(26)4-3-5-20(23)34-2/h3-7,10,16H,8-9,12-13,28H2,1-2H3. The zero-order valence-corrected chi connectivity index (χ0v) is 18.9. The number of fused-ring (bicyclic) bond motifs is 1. The molecule has 2 aromatic carbocycles. The van der Waals surface area contributed by atoms with Crippen LogP contribution in [0.15, 0.2) is 36.4 Å². The van der Waals surface area contributed by atoms with Gasteiger partial charge in [-0.15, -0.1) is 0 Å². The van der Waals surface area contributed by atoms with Crippen LogP contribution in [-0.4, -0.2) is 42.1 Å². The SMILES string of the molecule is COc1cccc(F)c1-c1c(C#N)ccc2c1CN(c1cc(C)nc(N3CCC(N)C3)n1)C2=O. The van der Waals surface area contributed by atoms with E-state index < -0.39 is 5.82 Å². The molecule has 0 saturated carbocycles. The maximum absolute atomic E-state index is 15.0. The fourth-order valence-corrected chi connectivity index (χ4v) is 4.65. The van der Waals surface area contributed by atoms with Gasteiger partial charge in [-0.05, 0) is 43.2 Å². The van der Waals surface area contributed by atoms with E-state index in [0.29, 0.717) is 40.8 Å². The molecule has 3 heterocycles. The number of aryl methyl sites for hydroxylation is 1. The number of hydrogen-bond acceptors (Lipinski definition) is 7. The Morgan fingerprint density at radius 1 is 1.24 bits per heavy atom. The molecular formula is C25H23FN6O2. The molecule has 1 fully saturated rings. The van der Waals surface area contributed by atoms with E-state index in [1.54, 1.807) is 30.3 Å². The van der Waals surface area contributed by atoms with Crippen LogP contribution in [0.2, 0.25) is 0 Å². The Kier molecular flexibility index (Phi) is 5.38. The highest BCUT2D eigenvalue weighted by molar-refractivity contribution is 6.11. The van der Waals surface area contributed by atoms with Crippen molar-refractivity contribution in [3.63, 3.8) is 0 Å². The molecule has 2 aliphatic heterocycles. The molecule has 0 radical (unpaired) electrons. The first kappa shape index (κ1) is 21.8. The first-order valence-corrected chi connectivity index (χ1v) is 11.0. The van der Waals surface area contributed by atoms with Gasteiger partial charge in [-0.1, -0.05) is 6.07 Å². The summed E-state index contributed by atoms with van der Waals surface area (Å²) >= 11 is 0. The summed E-state index contributed by atoms with van der Waals surface area (Å²) in [6, 6.07) is 11.6. The minimum atomic E-state index is -0.527. The van der Waals surface area contributed by atoms with Gasteiger partial charge in [0.1, 0.15) is 17.4 Å². The Morgan fingerprint density at radius 2 is 2.06 bits per heavy atom. The Labute approximate surface area is 196 Å². The predicted molar refractivity (Wildman–Crippen MR) is 125 cm³/mol. The molecule has 1 atom stereocenters. The molecule has 1 amide bonds. The van der Waals surface area contributed by atoms with Gasteiger partial charge >= 0.3 is 0 Å². The van der Waals surface area contributed by atoms with Crippen molar-refractivity contribution < 1.29 is 13.9 Å². The topological polar surface area (TPSA) is 108 Å². The van der Waals surface area contributed by atoms with Crippen LogP contribution >= 0.6 is 0 Å². The number of rotatable bonds is 4. The quantitative estimate of drug-likeness (QED) is 0.640. The molecule has 0 bridgehead atoms. The van der Waals surface area contributed by atoms with Gasteiger partial charge in [0.05, 0.1) is 30.9 Å². The summed E-state index contributed by atoms with van der Waals surface area (Å²) in [4.78, 5) is 26.2. The zero-order valence-electron chi connectivity index (χ0n) is 18.9. The summed E-state index contributed by atoms with van der Waals surface area (Å²) in [6.45, 7) is 3.40. The lowest BCUT2D eigenvalue weighted by Gasteiger charge is -2.20. The first-order chi connectivity index (χ1) is 16.4. The molecule has 34 heavy (non-hydrogen) atoms. The van der Waals surface area contributed by atoms with Gasteiger partial charge < -0.3 is 15.4 Å². The molecule has 172 valence electrons. The molecule has 2 aliphatic rings. The predicted octanol–water partition coefficient (Wildman–Crippen LogP) is 3.17. The van der Waals surface area contributed by atoms with E-state index in [2.05, 4.69) is 16.0 Å². The molecule has 1 saturated heterocycles. The number of aromatic nitrogens is 2. The maximum Gasteiger partial charge on any atom is 0.260 e. The van der Waals surface area contributed by atoms with Crippen molar-refractivity contribution in [2.45, 2.75) is 25.9 Å². The van der Waals surface area contributed by atoms with Crippen LogP contribution in [-0.2, 0) is 6.54 Å². The van der Waals surface area contributed by atoms with E-state index in [9.17, 15) is 10.1 Å². The van der Waals surface area contributed by atoms with Crippen molar-refractivity contribution in [1.82, 2.24) is 9.97 Å². The van der Waals surface area contributed by atoms with E-state index in [1.165, 1.54) is 18.1 Å². The third kappa shape index (κ3) is 3.53. The van der Waals surface area contributed by atoms with Gasteiger partial charge in [0.15, 0.2) is 0 Å². The lowest BCUT2D eigenvalue weighted by molar-refractivity contribution is 0.0996. The van der Waals surface area contributed by atoms with Gasteiger partial charge in [0, 0.05) is 42.0 Å². The van der Waals surface area contributed by atoms with Gasteiger partial charge in [-0.3, -0.25) is 9.69 Å². The molecule has 0 aliphatic carbocycles. The highest BCUT2D eigenvalue weighted by Gasteiger charge is 2.35. The molecule has 3 aromatic rings. The smallest absolute Gasteiger partial charge is 0.260 e. The number of halogens is 1. The molecule has 1 unspecified atom stereocenters. The third-order valence-corrected chi connectivity index (χ3v) is 6.28. The number of carbonyl (C=O) groups excluding carboxylic acids is 1. The van der Waals surface area contributed by atoms with Crippen molar-refractivity contribution in [3.05, 3.63) is 64.6 Å². The summed E-state index contributed by atoms with van der Waals surface area (Å²) < 4.78 is 20.4. The lowest BCUT2D eigenvalue weighted by Crippen LogP contribution is -2.29. The van der Waals surface area contributed by atoms with Crippen LogP contribution in [0, 0.1) is 24.1 Å². The van der Waals surface area contributed by atoms with Crippen LogP contribution in [0.1, 0.15) is 33.6 Å². The number of nitrogens with zero attached hydrogens (tertiary/aromatic N) is 5. The number of anilines is 2. The maximum atomic E-state index is 15.0. The fourth-order valence-electron chi connectivity index (χ4n) is 4.65. The average Bonchev–Trinajstić information content (AvgIpc) is 3.41. The summed E-state index contributed by atoms with van der Waals surface area (Å²) in [5.41, 5.74) is 8.53. The van der Waals surface area contributed by atoms with Crippen LogP contribution in [0.5, 0.6) is 5.75 Å². The van der Waals surface area contributed by atoms with Crippen molar-refractivity contribution in [1.29, 1.82) is 5.26 Å². The molecule has 0 spiro atoms. The van der Waals surface area contributed by atoms with Crippen LogP contribution in [0.25, 0.3) is 11.1 Å². The third-order valence-electron chi connectivity index (χ3n) is 6.28. The Balaban J connectivity index is 1.61.